The van der Waals surface area contributed by atoms with Crippen molar-refractivity contribution in [3.8, 4) is 5.75 Å². The topological polar surface area (TPSA) is 72.6 Å². The first-order chi connectivity index (χ1) is 10.1. The number of rotatable bonds is 3. The number of nitrogens with zero attached hydrogens (tertiary/aromatic N) is 1. The molecule has 1 aliphatic heterocycles. The minimum Gasteiger partial charge on any atom is -0.494 e. The number of carbonyl (C=O) groups excluding carboxylic acids is 2. The Kier molecular flexibility index (Phi) is 3.35. The predicted molar refractivity (Wildman–Crippen MR) is 79.9 cm³/mol. The minimum absolute atomic E-state index is 0.0935. The molecule has 112 valence electrons. The van der Waals surface area contributed by atoms with E-state index in [9.17, 15) is 9.59 Å². The number of anilines is 2. The third-order valence-electron chi connectivity index (χ3n) is 4.76. The van der Waals surface area contributed by atoms with Crippen LogP contribution in [0.2, 0.25) is 0 Å². The maximum absolute atomic E-state index is 12.6. The van der Waals surface area contributed by atoms with Crippen LogP contribution in [0, 0.1) is 17.8 Å². The van der Waals surface area contributed by atoms with Crippen LogP contribution >= 0.6 is 0 Å². The summed E-state index contributed by atoms with van der Waals surface area (Å²) in [6, 6.07) is 5.00. The van der Waals surface area contributed by atoms with Gasteiger partial charge >= 0.3 is 0 Å². The highest BCUT2D eigenvalue weighted by Gasteiger charge is 2.53. The predicted octanol–water partition coefficient (Wildman–Crippen LogP) is 2.20. The molecule has 0 radical (unpaired) electrons. The summed E-state index contributed by atoms with van der Waals surface area (Å²) in [7, 11) is 1.51. The SMILES string of the molecule is CCC1CC2C(=O)N(c3ccc(N)cc3OC)C(=O)C2C1. The Balaban J connectivity index is 1.95. The zero-order chi connectivity index (χ0) is 15.1. The van der Waals surface area contributed by atoms with Gasteiger partial charge < -0.3 is 10.5 Å². The van der Waals surface area contributed by atoms with Gasteiger partial charge in [-0.1, -0.05) is 13.3 Å². The van der Waals surface area contributed by atoms with Gasteiger partial charge in [-0.2, -0.15) is 0 Å². The van der Waals surface area contributed by atoms with Gasteiger partial charge in [0.15, 0.2) is 0 Å². The van der Waals surface area contributed by atoms with E-state index in [1.807, 2.05) is 0 Å². The summed E-state index contributed by atoms with van der Waals surface area (Å²) >= 11 is 0. The Bertz CT molecular complexity index is 575. The van der Waals surface area contributed by atoms with Crippen molar-refractivity contribution in [2.24, 2.45) is 17.8 Å². The summed E-state index contributed by atoms with van der Waals surface area (Å²) in [4.78, 5) is 26.6. The van der Waals surface area contributed by atoms with Crippen LogP contribution in [0.1, 0.15) is 26.2 Å². The van der Waals surface area contributed by atoms with Crippen molar-refractivity contribution < 1.29 is 14.3 Å². The third kappa shape index (κ3) is 2.07. The van der Waals surface area contributed by atoms with Crippen molar-refractivity contribution in [2.45, 2.75) is 26.2 Å². The van der Waals surface area contributed by atoms with Crippen LogP contribution < -0.4 is 15.4 Å². The lowest BCUT2D eigenvalue weighted by molar-refractivity contribution is -0.123. The quantitative estimate of drug-likeness (QED) is 0.683. The molecular weight excluding hydrogens is 268 g/mol. The second-order valence-electron chi connectivity index (χ2n) is 5.90. The van der Waals surface area contributed by atoms with E-state index in [1.54, 1.807) is 18.2 Å². The molecule has 1 saturated heterocycles. The Hall–Kier alpha value is -2.04. The van der Waals surface area contributed by atoms with E-state index in [2.05, 4.69) is 6.92 Å². The molecule has 5 heteroatoms. The van der Waals surface area contributed by atoms with Crippen molar-refractivity contribution in [1.29, 1.82) is 0 Å². The zero-order valence-corrected chi connectivity index (χ0v) is 12.3. The summed E-state index contributed by atoms with van der Waals surface area (Å²) < 4.78 is 5.27. The monoisotopic (exact) mass is 288 g/mol. The van der Waals surface area contributed by atoms with Crippen LogP contribution in [0.15, 0.2) is 18.2 Å². The molecule has 1 saturated carbocycles. The smallest absolute Gasteiger partial charge is 0.237 e. The maximum atomic E-state index is 12.6. The van der Waals surface area contributed by atoms with Gasteiger partial charge in [0.1, 0.15) is 5.75 Å². The largest absolute Gasteiger partial charge is 0.494 e. The summed E-state index contributed by atoms with van der Waals surface area (Å²) in [5, 5.41) is 0. The molecular formula is C16H20N2O3. The van der Waals surface area contributed by atoms with Gasteiger partial charge in [0, 0.05) is 11.8 Å². The number of benzene rings is 1. The first-order valence-corrected chi connectivity index (χ1v) is 7.38. The van der Waals surface area contributed by atoms with Gasteiger partial charge in [-0.15, -0.1) is 0 Å². The first-order valence-electron chi connectivity index (χ1n) is 7.38. The van der Waals surface area contributed by atoms with E-state index in [-0.39, 0.29) is 23.7 Å². The summed E-state index contributed by atoms with van der Waals surface area (Å²) in [6.07, 6.45) is 2.66. The number of methoxy groups -OCH3 is 1. The molecule has 0 spiro atoms. The van der Waals surface area contributed by atoms with Gasteiger partial charge in [0.25, 0.3) is 0 Å². The van der Waals surface area contributed by atoms with Crippen molar-refractivity contribution in [3.63, 3.8) is 0 Å². The molecule has 2 amide bonds. The van der Waals surface area contributed by atoms with Gasteiger partial charge in [-0.3, -0.25) is 9.59 Å². The van der Waals surface area contributed by atoms with Crippen LogP contribution in [-0.4, -0.2) is 18.9 Å². The number of amides is 2. The molecule has 1 aliphatic carbocycles. The van der Waals surface area contributed by atoms with Gasteiger partial charge in [-0.25, -0.2) is 4.90 Å². The highest BCUT2D eigenvalue weighted by Crippen LogP contribution is 2.47. The number of hydrogen-bond donors (Lipinski definition) is 1. The van der Waals surface area contributed by atoms with Crippen LogP contribution in [-0.2, 0) is 9.59 Å². The number of imide groups is 1. The second kappa shape index (κ2) is 5.06. The molecule has 21 heavy (non-hydrogen) atoms. The lowest BCUT2D eigenvalue weighted by Gasteiger charge is -2.20. The van der Waals surface area contributed by atoms with E-state index in [0.29, 0.717) is 23.0 Å². The van der Waals surface area contributed by atoms with Crippen molar-refractivity contribution >= 4 is 23.2 Å². The summed E-state index contributed by atoms with van der Waals surface area (Å²) in [6.45, 7) is 2.11. The lowest BCUT2D eigenvalue weighted by Crippen LogP contribution is -2.32. The Morgan fingerprint density at radius 3 is 2.38 bits per heavy atom. The Morgan fingerprint density at radius 2 is 1.86 bits per heavy atom. The average molecular weight is 288 g/mol. The number of fused-ring (bicyclic) bond motifs is 1. The number of hydrogen-bond acceptors (Lipinski definition) is 4. The fourth-order valence-corrected chi connectivity index (χ4v) is 3.58. The van der Waals surface area contributed by atoms with E-state index < -0.39 is 0 Å². The van der Waals surface area contributed by atoms with E-state index in [4.69, 9.17) is 10.5 Å². The van der Waals surface area contributed by atoms with Crippen LogP contribution in [0.3, 0.4) is 0 Å². The normalized spacial score (nSPS) is 28.1. The lowest BCUT2D eigenvalue weighted by atomic mass is 10.00. The number of nitrogens with two attached hydrogens (primary N) is 1. The van der Waals surface area contributed by atoms with Crippen LogP contribution in [0.25, 0.3) is 0 Å². The fraction of sp³-hybridized carbons (Fsp3) is 0.500. The zero-order valence-electron chi connectivity index (χ0n) is 12.3. The van der Waals surface area contributed by atoms with Crippen molar-refractivity contribution in [3.05, 3.63) is 18.2 Å². The molecule has 2 aliphatic rings. The fourth-order valence-electron chi connectivity index (χ4n) is 3.58. The van der Waals surface area contributed by atoms with Crippen LogP contribution in [0.4, 0.5) is 11.4 Å². The van der Waals surface area contributed by atoms with E-state index in [0.717, 1.165) is 19.3 Å². The van der Waals surface area contributed by atoms with E-state index >= 15 is 0 Å². The Morgan fingerprint density at radius 1 is 1.24 bits per heavy atom. The van der Waals surface area contributed by atoms with Gasteiger partial charge in [0.2, 0.25) is 11.8 Å². The Labute approximate surface area is 124 Å². The van der Waals surface area contributed by atoms with Crippen LogP contribution in [0.5, 0.6) is 5.75 Å². The summed E-state index contributed by atoms with van der Waals surface area (Å²) in [5.74, 6) is 0.439. The molecule has 2 fully saturated rings. The summed E-state index contributed by atoms with van der Waals surface area (Å²) in [5.41, 5.74) is 6.78. The van der Waals surface area contributed by atoms with Crippen molar-refractivity contribution in [2.75, 3.05) is 17.7 Å². The highest BCUT2D eigenvalue weighted by atomic mass is 16.5. The molecule has 5 nitrogen and oxygen atoms in total. The highest BCUT2D eigenvalue weighted by molar-refractivity contribution is 6.23. The molecule has 2 N–H and O–H groups in total. The molecule has 3 rings (SSSR count). The number of nitrogen functional groups attached to an aromatic ring is 1. The molecule has 2 unspecified atom stereocenters. The number of carbonyl (C=O) groups is 2. The first kappa shape index (κ1) is 13.9. The number of ether oxygens (including phenoxy) is 1. The van der Waals surface area contributed by atoms with Gasteiger partial charge in [-0.05, 0) is 30.9 Å². The van der Waals surface area contributed by atoms with Crippen molar-refractivity contribution in [1.82, 2.24) is 0 Å². The van der Waals surface area contributed by atoms with E-state index in [1.165, 1.54) is 12.0 Å². The third-order valence-corrected chi connectivity index (χ3v) is 4.76. The average Bonchev–Trinajstić information content (AvgIpc) is 3.00. The standard InChI is InChI=1S/C16H20N2O3/c1-3-9-6-11-12(7-9)16(20)18(15(11)19)13-5-4-10(17)8-14(13)21-2/h4-5,8-9,11-12H,3,6-7,17H2,1-2H3. The molecule has 0 aromatic heterocycles. The molecule has 1 aromatic rings. The molecule has 2 atom stereocenters. The molecule has 1 aromatic carbocycles. The maximum Gasteiger partial charge on any atom is 0.237 e. The van der Waals surface area contributed by atoms with Gasteiger partial charge in [0.05, 0.1) is 24.6 Å². The second-order valence-corrected chi connectivity index (χ2v) is 5.90. The molecule has 1 heterocycles. The minimum atomic E-state index is -0.162. The molecule has 0 bridgehead atoms.